The van der Waals surface area contributed by atoms with Gasteiger partial charge in [0.05, 0.1) is 18.2 Å². The number of esters is 1. The maximum absolute atomic E-state index is 11.2. The predicted octanol–water partition coefficient (Wildman–Crippen LogP) is 0.469. The highest BCUT2D eigenvalue weighted by molar-refractivity contribution is 5.86. The molecule has 0 unspecified atom stereocenters. The van der Waals surface area contributed by atoms with Gasteiger partial charge in [-0.15, -0.1) is 0 Å². The summed E-state index contributed by atoms with van der Waals surface area (Å²) in [6.45, 7) is 0. The molecule has 0 aliphatic carbocycles. The molecule has 0 atom stereocenters. The third-order valence-corrected chi connectivity index (χ3v) is 1.73. The molecule has 0 fully saturated rings. The normalized spacial score (nSPS) is 10.3. The quantitative estimate of drug-likeness (QED) is 0.348. The summed E-state index contributed by atoms with van der Waals surface area (Å²) in [5.41, 5.74) is -0.769. The number of nitrogens with one attached hydrogen (secondary N) is 1. The van der Waals surface area contributed by atoms with Crippen LogP contribution in [0, 0.1) is 10.1 Å². The number of aromatic nitrogens is 1. The molecule has 0 aromatic carbocycles. The summed E-state index contributed by atoms with van der Waals surface area (Å²) >= 11 is 0. The van der Waals surface area contributed by atoms with Crippen LogP contribution >= 0.6 is 0 Å². The van der Waals surface area contributed by atoms with E-state index < -0.39 is 16.5 Å². The van der Waals surface area contributed by atoms with Crippen LogP contribution in [0.5, 0.6) is 0 Å². The summed E-state index contributed by atoms with van der Waals surface area (Å²) in [4.78, 5) is 33.9. The third-order valence-electron chi connectivity index (χ3n) is 1.73. The first-order valence-corrected chi connectivity index (χ1v) is 4.17. The van der Waals surface area contributed by atoms with E-state index in [0.29, 0.717) is 0 Å². The number of H-pyrrole nitrogens is 1. The number of nitro groups is 1. The molecule has 7 nitrogen and oxygen atoms in total. The fourth-order valence-electron chi connectivity index (χ4n) is 0.944. The Hall–Kier alpha value is -2.44. The lowest BCUT2D eigenvalue weighted by atomic mass is 10.2. The van der Waals surface area contributed by atoms with E-state index in [1.165, 1.54) is 7.11 Å². The zero-order valence-corrected chi connectivity index (χ0v) is 8.30. The zero-order valence-electron chi connectivity index (χ0n) is 8.30. The van der Waals surface area contributed by atoms with E-state index in [2.05, 4.69) is 9.72 Å². The standard InChI is InChI=1S/C9H8N2O5/c1-16-8(12)3-2-6-4-7(11(14)15)5-10-9(6)13/h2-5H,1H3,(H,10,13). The number of carbonyl (C=O) groups excluding carboxylic acids is 1. The molecular weight excluding hydrogens is 216 g/mol. The predicted molar refractivity (Wildman–Crippen MR) is 54.8 cm³/mol. The minimum absolute atomic E-state index is 0.0135. The molecule has 7 heteroatoms. The first-order chi connectivity index (χ1) is 7.54. The third kappa shape index (κ3) is 2.77. The van der Waals surface area contributed by atoms with Crippen molar-refractivity contribution in [3.63, 3.8) is 0 Å². The second-order valence-electron chi connectivity index (χ2n) is 2.76. The van der Waals surface area contributed by atoms with E-state index in [-0.39, 0.29) is 11.3 Å². The highest BCUT2D eigenvalue weighted by Crippen LogP contribution is 2.09. The number of hydrogen-bond donors (Lipinski definition) is 1. The van der Waals surface area contributed by atoms with Crippen LogP contribution in [0.3, 0.4) is 0 Å². The average molecular weight is 224 g/mol. The van der Waals surface area contributed by atoms with Crippen molar-refractivity contribution < 1.29 is 14.5 Å². The molecular formula is C9H8N2O5. The fraction of sp³-hybridized carbons (Fsp3) is 0.111. The van der Waals surface area contributed by atoms with Crippen molar-refractivity contribution in [2.45, 2.75) is 0 Å². The molecule has 84 valence electrons. The molecule has 0 saturated carbocycles. The van der Waals surface area contributed by atoms with Crippen LogP contribution in [0.4, 0.5) is 5.69 Å². The Bertz CT molecular complexity index is 503. The van der Waals surface area contributed by atoms with Gasteiger partial charge in [-0.1, -0.05) is 0 Å². The Morgan fingerprint density at radius 1 is 1.62 bits per heavy atom. The van der Waals surface area contributed by atoms with Gasteiger partial charge in [-0.05, 0) is 6.08 Å². The number of methoxy groups -OCH3 is 1. The summed E-state index contributed by atoms with van der Waals surface area (Å²) in [5, 5.41) is 10.4. The van der Waals surface area contributed by atoms with Gasteiger partial charge in [0.15, 0.2) is 0 Å². The van der Waals surface area contributed by atoms with E-state index in [9.17, 15) is 19.7 Å². The van der Waals surface area contributed by atoms with E-state index >= 15 is 0 Å². The van der Waals surface area contributed by atoms with Crippen LogP contribution in [0.25, 0.3) is 6.08 Å². The van der Waals surface area contributed by atoms with Crippen LogP contribution in [0.1, 0.15) is 5.56 Å². The van der Waals surface area contributed by atoms with Crippen molar-refractivity contribution in [3.8, 4) is 0 Å². The van der Waals surface area contributed by atoms with E-state index in [1.807, 2.05) is 0 Å². The van der Waals surface area contributed by atoms with Gasteiger partial charge in [0.25, 0.3) is 11.2 Å². The first-order valence-electron chi connectivity index (χ1n) is 4.17. The molecule has 0 amide bonds. The van der Waals surface area contributed by atoms with Crippen molar-refractivity contribution in [1.82, 2.24) is 4.98 Å². The van der Waals surface area contributed by atoms with Crippen molar-refractivity contribution in [3.05, 3.63) is 44.4 Å². The number of ether oxygens (including phenoxy) is 1. The summed E-state index contributed by atoms with van der Waals surface area (Å²) in [5.74, 6) is -0.647. The minimum Gasteiger partial charge on any atom is -0.466 e. The van der Waals surface area contributed by atoms with Gasteiger partial charge >= 0.3 is 5.97 Å². The monoisotopic (exact) mass is 224 g/mol. The van der Waals surface area contributed by atoms with Crippen molar-refractivity contribution in [2.24, 2.45) is 0 Å². The topological polar surface area (TPSA) is 102 Å². The number of hydrogen-bond acceptors (Lipinski definition) is 5. The van der Waals surface area contributed by atoms with Gasteiger partial charge in [0, 0.05) is 17.7 Å². The molecule has 0 spiro atoms. The number of carbonyl (C=O) groups is 1. The highest BCUT2D eigenvalue weighted by Gasteiger charge is 2.07. The lowest BCUT2D eigenvalue weighted by Crippen LogP contribution is -2.09. The Balaban J connectivity index is 3.08. The summed E-state index contributed by atoms with van der Waals surface area (Å²) in [7, 11) is 1.18. The maximum Gasteiger partial charge on any atom is 0.330 e. The van der Waals surface area contributed by atoms with Gasteiger partial charge in [0.2, 0.25) is 0 Å². The molecule has 16 heavy (non-hydrogen) atoms. The summed E-state index contributed by atoms with van der Waals surface area (Å²) < 4.78 is 4.32. The van der Waals surface area contributed by atoms with Crippen LogP contribution in [0.15, 0.2) is 23.1 Å². The molecule has 0 aliphatic rings. The molecule has 0 aliphatic heterocycles. The zero-order chi connectivity index (χ0) is 12.1. The lowest BCUT2D eigenvalue weighted by Gasteiger charge is -1.93. The van der Waals surface area contributed by atoms with Crippen molar-refractivity contribution in [2.75, 3.05) is 7.11 Å². The number of rotatable bonds is 3. The highest BCUT2D eigenvalue weighted by atomic mass is 16.6. The van der Waals surface area contributed by atoms with Crippen molar-refractivity contribution in [1.29, 1.82) is 0 Å². The van der Waals surface area contributed by atoms with Gasteiger partial charge in [-0.2, -0.15) is 0 Å². The van der Waals surface area contributed by atoms with Crippen LogP contribution in [0.2, 0.25) is 0 Å². The van der Waals surface area contributed by atoms with E-state index in [1.54, 1.807) is 0 Å². The minimum atomic E-state index is -0.647. The Labute approximate surface area is 89.5 Å². The second-order valence-corrected chi connectivity index (χ2v) is 2.76. The van der Waals surface area contributed by atoms with Crippen LogP contribution in [-0.4, -0.2) is 23.0 Å². The second kappa shape index (κ2) is 4.87. The average Bonchev–Trinajstić information content (AvgIpc) is 2.27. The molecule has 1 aromatic rings. The molecule has 0 radical (unpaired) electrons. The largest absolute Gasteiger partial charge is 0.466 e. The summed E-state index contributed by atoms with van der Waals surface area (Å²) in [6.07, 6.45) is 3.14. The van der Waals surface area contributed by atoms with Gasteiger partial charge in [-0.25, -0.2) is 4.79 Å². The molecule has 1 N–H and O–H groups in total. The van der Waals surface area contributed by atoms with Gasteiger partial charge < -0.3 is 9.72 Å². The van der Waals surface area contributed by atoms with Crippen LogP contribution in [-0.2, 0) is 9.53 Å². The first kappa shape index (κ1) is 11.6. The Morgan fingerprint density at radius 2 is 2.31 bits per heavy atom. The van der Waals surface area contributed by atoms with Gasteiger partial charge in [0.1, 0.15) is 0 Å². The number of nitrogens with zero attached hydrogens (tertiary/aromatic N) is 1. The van der Waals surface area contributed by atoms with Gasteiger partial charge in [-0.3, -0.25) is 14.9 Å². The molecule has 0 bridgehead atoms. The Kier molecular flexibility index (Phi) is 3.54. The fourth-order valence-corrected chi connectivity index (χ4v) is 0.944. The molecule has 1 aromatic heterocycles. The van der Waals surface area contributed by atoms with E-state index in [0.717, 1.165) is 24.4 Å². The van der Waals surface area contributed by atoms with Crippen molar-refractivity contribution >= 4 is 17.7 Å². The van der Waals surface area contributed by atoms with Crippen LogP contribution < -0.4 is 5.56 Å². The SMILES string of the molecule is COC(=O)C=Cc1cc([N+](=O)[O-])c[nH]c1=O. The number of aromatic amines is 1. The number of pyridine rings is 1. The van der Waals surface area contributed by atoms with E-state index in [4.69, 9.17) is 0 Å². The molecule has 1 rings (SSSR count). The smallest absolute Gasteiger partial charge is 0.330 e. The summed E-state index contributed by atoms with van der Waals surface area (Å²) in [6, 6.07) is 1.07. The Morgan fingerprint density at radius 3 is 2.88 bits per heavy atom. The molecule has 1 heterocycles. The molecule has 0 saturated heterocycles. The maximum atomic E-state index is 11.2. The lowest BCUT2D eigenvalue weighted by molar-refractivity contribution is -0.385.